The van der Waals surface area contributed by atoms with Crippen molar-refractivity contribution < 1.29 is 14.3 Å². The van der Waals surface area contributed by atoms with Crippen molar-refractivity contribution in [2.24, 2.45) is 5.92 Å². The molecule has 0 aromatic heterocycles. The third kappa shape index (κ3) is 3.45. The van der Waals surface area contributed by atoms with Gasteiger partial charge in [0.2, 0.25) is 5.91 Å². The van der Waals surface area contributed by atoms with Gasteiger partial charge in [0.05, 0.1) is 5.54 Å². The van der Waals surface area contributed by atoms with Gasteiger partial charge in [-0.05, 0) is 59.3 Å². The third-order valence-electron chi connectivity index (χ3n) is 5.61. The van der Waals surface area contributed by atoms with Crippen LogP contribution >= 0.6 is 0 Å². The highest BCUT2D eigenvalue weighted by Gasteiger charge is 2.50. The summed E-state index contributed by atoms with van der Waals surface area (Å²) in [5, 5.41) is 0. The monoisotopic (exact) mass is 334 g/mol. The first-order chi connectivity index (χ1) is 11.3. The SMILES string of the molecule is CC(C)(C)OC(=O)N1CCC12CCN(C(=O)[C@@H]1CC=CCC1)CC2. The molecule has 2 heterocycles. The number of amides is 2. The second-order valence-electron chi connectivity index (χ2n) is 8.41. The largest absolute Gasteiger partial charge is 0.444 e. The molecule has 1 aliphatic carbocycles. The molecule has 0 bridgehead atoms. The molecule has 0 saturated carbocycles. The molecule has 0 aromatic carbocycles. The van der Waals surface area contributed by atoms with Crippen LogP contribution in [0.3, 0.4) is 0 Å². The number of hydrogen-bond acceptors (Lipinski definition) is 3. The molecule has 3 aliphatic rings. The number of allylic oxidation sites excluding steroid dienone is 2. The summed E-state index contributed by atoms with van der Waals surface area (Å²) in [6.45, 7) is 8.00. The first-order valence-electron chi connectivity index (χ1n) is 9.25. The van der Waals surface area contributed by atoms with Gasteiger partial charge in [0.25, 0.3) is 0 Å². The first-order valence-corrected chi connectivity index (χ1v) is 9.25. The van der Waals surface area contributed by atoms with Gasteiger partial charge in [0, 0.05) is 25.6 Å². The van der Waals surface area contributed by atoms with E-state index in [1.807, 2.05) is 30.6 Å². The van der Waals surface area contributed by atoms with E-state index in [2.05, 4.69) is 12.2 Å². The number of ether oxygens (including phenoxy) is 1. The number of piperidine rings is 1. The first kappa shape index (κ1) is 17.3. The summed E-state index contributed by atoms with van der Waals surface area (Å²) < 4.78 is 5.54. The number of carbonyl (C=O) groups excluding carboxylic acids is 2. The van der Waals surface area contributed by atoms with Crippen LogP contribution in [-0.4, -0.2) is 52.6 Å². The molecule has 24 heavy (non-hydrogen) atoms. The van der Waals surface area contributed by atoms with E-state index in [9.17, 15) is 9.59 Å². The maximum Gasteiger partial charge on any atom is 0.410 e. The summed E-state index contributed by atoms with van der Waals surface area (Å²) >= 11 is 0. The molecule has 5 heteroatoms. The standard InChI is InChI=1S/C19H30N2O3/c1-18(2,3)24-17(23)21-14-11-19(21)9-12-20(13-10-19)16(22)15-7-5-4-6-8-15/h4-5,15H,6-14H2,1-3H3/t15-/m1/s1. The topological polar surface area (TPSA) is 49.9 Å². The Kier molecular flexibility index (Phi) is 4.63. The van der Waals surface area contributed by atoms with Gasteiger partial charge in [-0.15, -0.1) is 0 Å². The van der Waals surface area contributed by atoms with Gasteiger partial charge in [0.15, 0.2) is 0 Å². The molecule has 2 amide bonds. The molecule has 0 unspecified atom stereocenters. The van der Waals surface area contributed by atoms with E-state index in [0.717, 1.165) is 58.2 Å². The molecular formula is C19H30N2O3. The maximum absolute atomic E-state index is 12.7. The van der Waals surface area contributed by atoms with E-state index in [0.29, 0.717) is 5.91 Å². The van der Waals surface area contributed by atoms with E-state index in [1.165, 1.54) is 0 Å². The molecule has 134 valence electrons. The van der Waals surface area contributed by atoms with Crippen molar-refractivity contribution in [1.29, 1.82) is 0 Å². The average Bonchev–Trinajstić information content (AvgIpc) is 2.52. The van der Waals surface area contributed by atoms with Crippen molar-refractivity contribution in [3.63, 3.8) is 0 Å². The van der Waals surface area contributed by atoms with Crippen LogP contribution in [0.5, 0.6) is 0 Å². The van der Waals surface area contributed by atoms with Crippen LogP contribution in [0.15, 0.2) is 12.2 Å². The Bertz CT molecular complexity index is 527. The van der Waals surface area contributed by atoms with Crippen molar-refractivity contribution >= 4 is 12.0 Å². The second-order valence-corrected chi connectivity index (χ2v) is 8.41. The lowest BCUT2D eigenvalue weighted by Crippen LogP contribution is -2.66. The zero-order valence-electron chi connectivity index (χ0n) is 15.2. The van der Waals surface area contributed by atoms with Gasteiger partial charge in [-0.1, -0.05) is 12.2 Å². The minimum atomic E-state index is -0.459. The summed E-state index contributed by atoms with van der Waals surface area (Å²) in [6, 6.07) is 0. The van der Waals surface area contributed by atoms with Gasteiger partial charge in [-0.3, -0.25) is 4.79 Å². The summed E-state index contributed by atoms with van der Waals surface area (Å²) in [5.74, 6) is 0.463. The Morgan fingerprint density at radius 1 is 1.08 bits per heavy atom. The van der Waals surface area contributed by atoms with Crippen LogP contribution in [0, 0.1) is 5.92 Å². The van der Waals surface area contributed by atoms with Crippen molar-refractivity contribution in [2.75, 3.05) is 19.6 Å². The minimum absolute atomic E-state index is 0.0778. The van der Waals surface area contributed by atoms with E-state index in [1.54, 1.807) is 0 Å². The predicted octanol–water partition coefficient (Wildman–Crippen LogP) is 3.34. The zero-order chi connectivity index (χ0) is 17.4. The van der Waals surface area contributed by atoms with Crippen molar-refractivity contribution in [1.82, 2.24) is 9.80 Å². The van der Waals surface area contributed by atoms with Crippen LogP contribution < -0.4 is 0 Å². The van der Waals surface area contributed by atoms with Crippen molar-refractivity contribution in [3.8, 4) is 0 Å². The van der Waals surface area contributed by atoms with Crippen LogP contribution in [0.4, 0.5) is 4.79 Å². The Labute approximate surface area is 145 Å². The molecule has 2 saturated heterocycles. The van der Waals surface area contributed by atoms with Crippen LogP contribution in [0.25, 0.3) is 0 Å². The molecule has 3 rings (SSSR count). The number of nitrogens with zero attached hydrogens (tertiary/aromatic N) is 2. The lowest BCUT2D eigenvalue weighted by Gasteiger charge is -2.56. The van der Waals surface area contributed by atoms with E-state index in [4.69, 9.17) is 4.74 Å². The fraction of sp³-hybridized carbons (Fsp3) is 0.789. The molecule has 0 radical (unpaired) electrons. The summed E-state index contributed by atoms with van der Waals surface area (Å²) in [7, 11) is 0. The molecule has 2 aliphatic heterocycles. The maximum atomic E-state index is 12.7. The van der Waals surface area contributed by atoms with Crippen LogP contribution in [-0.2, 0) is 9.53 Å². The minimum Gasteiger partial charge on any atom is -0.444 e. The van der Waals surface area contributed by atoms with Crippen molar-refractivity contribution in [2.45, 2.75) is 70.4 Å². The molecule has 0 aromatic rings. The Morgan fingerprint density at radius 2 is 1.75 bits per heavy atom. The third-order valence-corrected chi connectivity index (χ3v) is 5.61. The smallest absolute Gasteiger partial charge is 0.410 e. The number of hydrogen-bond donors (Lipinski definition) is 0. The molecule has 1 atom stereocenters. The van der Waals surface area contributed by atoms with Gasteiger partial charge >= 0.3 is 6.09 Å². The summed E-state index contributed by atoms with van der Waals surface area (Å²) in [6.07, 6.45) is 9.74. The lowest BCUT2D eigenvalue weighted by atomic mass is 9.76. The fourth-order valence-electron chi connectivity index (χ4n) is 4.08. The van der Waals surface area contributed by atoms with Gasteiger partial charge in [0.1, 0.15) is 5.60 Å². The van der Waals surface area contributed by atoms with Crippen LogP contribution in [0.2, 0.25) is 0 Å². The summed E-state index contributed by atoms with van der Waals surface area (Å²) in [5.41, 5.74) is -0.537. The predicted molar refractivity (Wildman–Crippen MR) is 92.6 cm³/mol. The van der Waals surface area contributed by atoms with Crippen LogP contribution in [0.1, 0.15) is 59.3 Å². The van der Waals surface area contributed by atoms with Crippen molar-refractivity contribution in [3.05, 3.63) is 12.2 Å². The number of likely N-dealkylation sites (tertiary alicyclic amines) is 2. The number of carbonyl (C=O) groups is 2. The fourth-order valence-corrected chi connectivity index (χ4v) is 4.08. The number of rotatable bonds is 1. The quantitative estimate of drug-likeness (QED) is 0.691. The summed E-state index contributed by atoms with van der Waals surface area (Å²) in [4.78, 5) is 29.0. The van der Waals surface area contributed by atoms with E-state index >= 15 is 0 Å². The molecular weight excluding hydrogens is 304 g/mol. The zero-order valence-corrected chi connectivity index (χ0v) is 15.2. The van der Waals surface area contributed by atoms with Gasteiger partial charge in [-0.2, -0.15) is 0 Å². The Balaban J connectivity index is 1.55. The molecule has 0 N–H and O–H groups in total. The highest BCUT2D eigenvalue weighted by Crippen LogP contribution is 2.41. The second kappa shape index (κ2) is 6.41. The van der Waals surface area contributed by atoms with Gasteiger partial charge < -0.3 is 14.5 Å². The van der Waals surface area contributed by atoms with E-state index < -0.39 is 5.60 Å². The highest BCUT2D eigenvalue weighted by molar-refractivity contribution is 5.79. The highest BCUT2D eigenvalue weighted by atomic mass is 16.6. The molecule has 5 nitrogen and oxygen atoms in total. The van der Waals surface area contributed by atoms with E-state index in [-0.39, 0.29) is 17.6 Å². The molecule has 1 spiro atoms. The van der Waals surface area contributed by atoms with Gasteiger partial charge in [-0.25, -0.2) is 4.79 Å². The normalized spacial score (nSPS) is 26.2. The Morgan fingerprint density at radius 3 is 2.25 bits per heavy atom. The average molecular weight is 334 g/mol. The molecule has 2 fully saturated rings. The lowest BCUT2D eigenvalue weighted by molar-refractivity contribution is -0.140. The Hall–Kier alpha value is -1.52.